The number of ketones is 1. The Morgan fingerprint density at radius 1 is 1.14 bits per heavy atom. The molecule has 0 atom stereocenters. The van der Waals surface area contributed by atoms with Crippen LogP contribution in [-0.4, -0.2) is 29.1 Å². The SMILES string of the molecule is CCCc1c(O)c(C(C)=O)cc2c(CC(=O)O)c(-c3ccc(OC)cc3)oc12. The third kappa shape index (κ3) is 3.45. The summed E-state index contributed by atoms with van der Waals surface area (Å²) in [4.78, 5) is 23.5. The van der Waals surface area contributed by atoms with Gasteiger partial charge in [-0.05, 0) is 43.7 Å². The molecule has 0 saturated heterocycles. The van der Waals surface area contributed by atoms with E-state index < -0.39 is 5.97 Å². The quantitative estimate of drug-likeness (QED) is 0.580. The number of phenols is 1. The maximum absolute atomic E-state index is 12.0. The minimum Gasteiger partial charge on any atom is -0.507 e. The lowest BCUT2D eigenvalue weighted by molar-refractivity contribution is -0.136. The number of ether oxygens (including phenoxy) is 1. The lowest BCUT2D eigenvalue weighted by Crippen LogP contribution is -2.02. The van der Waals surface area contributed by atoms with Crippen molar-refractivity contribution in [2.45, 2.75) is 33.1 Å². The number of aliphatic carboxylic acids is 1. The van der Waals surface area contributed by atoms with Crippen LogP contribution in [0.5, 0.6) is 11.5 Å². The zero-order valence-corrected chi connectivity index (χ0v) is 16.0. The van der Waals surface area contributed by atoms with Crippen LogP contribution in [0.25, 0.3) is 22.3 Å². The molecule has 146 valence electrons. The molecule has 1 heterocycles. The van der Waals surface area contributed by atoms with E-state index >= 15 is 0 Å². The molecule has 6 heteroatoms. The highest BCUT2D eigenvalue weighted by atomic mass is 16.5. The number of aromatic hydroxyl groups is 1. The van der Waals surface area contributed by atoms with Gasteiger partial charge in [0.2, 0.25) is 0 Å². The van der Waals surface area contributed by atoms with Crippen molar-refractivity contribution in [1.82, 2.24) is 0 Å². The topological polar surface area (TPSA) is 97.0 Å². The maximum Gasteiger partial charge on any atom is 0.307 e. The number of furan rings is 1. The van der Waals surface area contributed by atoms with Gasteiger partial charge in [0.15, 0.2) is 5.78 Å². The van der Waals surface area contributed by atoms with E-state index in [0.717, 1.165) is 6.42 Å². The summed E-state index contributed by atoms with van der Waals surface area (Å²) in [6, 6.07) is 8.62. The van der Waals surface area contributed by atoms with Gasteiger partial charge >= 0.3 is 5.97 Å². The summed E-state index contributed by atoms with van der Waals surface area (Å²) >= 11 is 0. The van der Waals surface area contributed by atoms with E-state index in [0.29, 0.717) is 45.6 Å². The number of methoxy groups -OCH3 is 1. The van der Waals surface area contributed by atoms with E-state index in [1.807, 2.05) is 6.92 Å². The molecular weight excluding hydrogens is 360 g/mol. The highest BCUT2D eigenvalue weighted by Gasteiger charge is 2.24. The zero-order chi connectivity index (χ0) is 20.4. The smallest absolute Gasteiger partial charge is 0.307 e. The number of carbonyl (C=O) groups excluding carboxylic acids is 1. The number of aryl methyl sites for hydroxylation is 1. The molecule has 1 aromatic heterocycles. The van der Waals surface area contributed by atoms with Crippen molar-refractivity contribution in [3.05, 3.63) is 47.0 Å². The molecule has 0 amide bonds. The zero-order valence-electron chi connectivity index (χ0n) is 16.0. The second-order valence-electron chi connectivity index (χ2n) is 6.64. The van der Waals surface area contributed by atoms with Gasteiger partial charge in [-0.25, -0.2) is 0 Å². The molecule has 2 N–H and O–H groups in total. The van der Waals surface area contributed by atoms with Crippen LogP contribution in [0.2, 0.25) is 0 Å². The van der Waals surface area contributed by atoms with Crippen molar-refractivity contribution in [2.75, 3.05) is 7.11 Å². The molecule has 0 aliphatic rings. The molecule has 2 aromatic carbocycles. The molecular formula is C22H22O6. The Morgan fingerprint density at radius 3 is 2.36 bits per heavy atom. The molecule has 0 bridgehead atoms. The average molecular weight is 382 g/mol. The third-order valence-corrected chi connectivity index (χ3v) is 4.71. The number of phenolic OH excluding ortho intramolecular Hbond substituents is 1. The van der Waals surface area contributed by atoms with Gasteiger partial charge in [0.05, 0.1) is 19.1 Å². The van der Waals surface area contributed by atoms with Gasteiger partial charge in [-0.3, -0.25) is 9.59 Å². The van der Waals surface area contributed by atoms with Gasteiger partial charge in [0, 0.05) is 22.1 Å². The van der Waals surface area contributed by atoms with Gasteiger partial charge < -0.3 is 19.4 Å². The van der Waals surface area contributed by atoms with Crippen LogP contribution in [0.1, 0.15) is 41.8 Å². The van der Waals surface area contributed by atoms with Gasteiger partial charge in [-0.2, -0.15) is 0 Å². The fraction of sp³-hybridized carbons (Fsp3) is 0.273. The molecule has 3 aromatic rings. The predicted molar refractivity (Wildman–Crippen MR) is 105 cm³/mol. The number of rotatable bonds is 7. The van der Waals surface area contributed by atoms with Crippen molar-refractivity contribution < 1.29 is 29.0 Å². The lowest BCUT2D eigenvalue weighted by Gasteiger charge is -2.08. The first-order valence-corrected chi connectivity index (χ1v) is 9.04. The van der Waals surface area contributed by atoms with E-state index in [1.54, 1.807) is 31.4 Å². The third-order valence-electron chi connectivity index (χ3n) is 4.71. The summed E-state index contributed by atoms with van der Waals surface area (Å²) in [5.74, 6) is -0.309. The highest BCUT2D eigenvalue weighted by Crippen LogP contribution is 2.41. The van der Waals surface area contributed by atoms with Gasteiger partial charge in [-0.1, -0.05) is 13.3 Å². The fourth-order valence-electron chi connectivity index (χ4n) is 3.39. The molecule has 0 unspecified atom stereocenters. The molecule has 0 fully saturated rings. The number of hydrogen-bond acceptors (Lipinski definition) is 5. The lowest BCUT2D eigenvalue weighted by atomic mass is 9.96. The number of fused-ring (bicyclic) bond motifs is 1. The molecule has 0 aliphatic heterocycles. The number of Topliss-reactive ketones (excluding diaryl/α,β-unsaturated/α-hetero) is 1. The molecule has 0 aliphatic carbocycles. The molecule has 0 radical (unpaired) electrons. The second kappa shape index (κ2) is 7.76. The monoisotopic (exact) mass is 382 g/mol. The van der Waals surface area contributed by atoms with Crippen molar-refractivity contribution in [1.29, 1.82) is 0 Å². The van der Waals surface area contributed by atoms with Crippen molar-refractivity contribution in [3.63, 3.8) is 0 Å². The number of carbonyl (C=O) groups is 2. The average Bonchev–Trinajstić information content (AvgIpc) is 3.01. The van der Waals surface area contributed by atoms with Gasteiger partial charge in [-0.15, -0.1) is 0 Å². The van der Waals surface area contributed by atoms with Gasteiger partial charge in [0.1, 0.15) is 22.8 Å². The molecule has 6 nitrogen and oxygen atoms in total. The van der Waals surface area contributed by atoms with Crippen LogP contribution >= 0.6 is 0 Å². The maximum atomic E-state index is 12.0. The van der Waals surface area contributed by atoms with Gasteiger partial charge in [0.25, 0.3) is 0 Å². The number of carboxylic acids is 1. The Hall–Kier alpha value is -3.28. The second-order valence-corrected chi connectivity index (χ2v) is 6.64. The van der Waals surface area contributed by atoms with E-state index in [1.165, 1.54) is 13.0 Å². The Kier molecular flexibility index (Phi) is 5.40. The minimum absolute atomic E-state index is 0.0984. The van der Waals surface area contributed by atoms with Crippen LogP contribution in [-0.2, 0) is 17.6 Å². The number of carboxylic acid groups (broad SMARTS) is 1. The summed E-state index contributed by atoms with van der Waals surface area (Å²) < 4.78 is 11.3. The van der Waals surface area contributed by atoms with E-state index in [4.69, 9.17) is 9.15 Å². The first-order chi connectivity index (χ1) is 13.4. The molecule has 28 heavy (non-hydrogen) atoms. The van der Waals surface area contributed by atoms with Crippen LogP contribution in [0, 0.1) is 0 Å². The predicted octanol–water partition coefficient (Wildman–Crippen LogP) is 4.60. The largest absolute Gasteiger partial charge is 0.507 e. The van der Waals surface area contributed by atoms with Crippen molar-refractivity contribution in [2.24, 2.45) is 0 Å². The minimum atomic E-state index is -1.01. The van der Waals surface area contributed by atoms with Crippen molar-refractivity contribution in [3.8, 4) is 22.8 Å². The summed E-state index contributed by atoms with van der Waals surface area (Å²) in [5, 5.41) is 20.6. The molecule has 0 spiro atoms. The normalized spacial score (nSPS) is 11.0. The van der Waals surface area contributed by atoms with Crippen LogP contribution < -0.4 is 4.74 Å². The molecule has 3 rings (SSSR count). The van der Waals surface area contributed by atoms with Crippen LogP contribution in [0.3, 0.4) is 0 Å². The van der Waals surface area contributed by atoms with E-state index in [-0.39, 0.29) is 23.5 Å². The van der Waals surface area contributed by atoms with Crippen LogP contribution in [0.4, 0.5) is 0 Å². The summed E-state index contributed by atoms with van der Waals surface area (Å²) in [6.45, 7) is 3.33. The first kappa shape index (κ1) is 19.5. The first-order valence-electron chi connectivity index (χ1n) is 9.04. The summed E-state index contributed by atoms with van der Waals surface area (Å²) in [7, 11) is 1.56. The Labute approximate surface area is 162 Å². The Morgan fingerprint density at radius 2 is 1.82 bits per heavy atom. The Balaban J connectivity index is 2.35. The standard InChI is InChI=1S/C22H22O6/c1-4-5-15-20(26)16(12(2)23)10-17-18(11-19(24)25)21(28-22(15)17)13-6-8-14(27-3)9-7-13/h6-10,26H,4-5,11H2,1-3H3,(H,24,25). The number of hydrogen-bond donors (Lipinski definition) is 2. The van der Waals surface area contributed by atoms with E-state index in [9.17, 15) is 19.8 Å². The van der Waals surface area contributed by atoms with Crippen LogP contribution in [0.15, 0.2) is 34.7 Å². The Bertz CT molecular complexity index is 1040. The summed E-state index contributed by atoms with van der Waals surface area (Å²) in [6.07, 6.45) is 0.977. The van der Waals surface area contributed by atoms with Crippen molar-refractivity contribution >= 4 is 22.7 Å². The fourth-order valence-corrected chi connectivity index (χ4v) is 3.39. The summed E-state index contributed by atoms with van der Waals surface area (Å²) in [5.41, 5.74) is 2.29. The highest BCUT2D eigenvalue weighted by molar-refractivity contribution is 6.04. The van der Waals surface area contributed by atoms with E-state index in [2.05, 4.69) is 0 Å². The molecule has 0 saturated carbocycles. The number of benzene rings is 2.